The highest BCUT2D eigenvalue weighted by atomic mass is 15.3. The van der Waals surface area contributed by atoms with E-state index < -0.39 is 0 Å². The molecule has 70 valence electrons. The van der Waals surface area contributed by atoms with Crippen LogP contribution in [0.15, 0.2) is 9.98 Å². The topological polar surface area (TPSA) is 66.0 Å². The molecule has 0 unspecified atom stereocenters. The second-order valence-corrected chi connectivity index (χ2v) is 2.22. The minimum Gasteiger partial charge on any atom is -0.369 e. The van der Waals surface area contributed by atoms with E-state index in [1.54, 1.807) is 19.0 Å². The summed E-state index contributed by atoms with van der Waals surface area (Å²) in [6, 6.07) is 0. The highest BCUT2D eigenvalue weighted by molar-refractivity contribution is 5.97. The molecule has 0 aliphatic carbocycles. The molecule has 0 saturated heterocycles. The quantitative estimate of drug-likeness (QED) is 0.411. The largest absolute Gasteiger partial charge is 0.369 e. The van der Waals surface area contributed by atoms with Gasteiger partial charge < -0.3 is 11.1 Å². The van der Waals surface area contributed by atoms with Crippen molar-refractivity contribution in [1.29, 1.82) is 0 Å². The van der Waals surface area contributed by atoms with Gasteiger partial charge >= 0.3 is 0 Å². The van der Waals surface area contributed by atoms with Gasteiger partial charge in [-0.05, 0) is 6.92 Å². The smallest absolute Gasteiger partial charge is 0.200 e. The maximum atomic E-state index is 5.58. The zero-order valence-corrected chi connectivity index (χ0v) is 8.13. The van der Waals surface area contributed by atoms with Gasteiger partial charge in [0.1, 0.15) is 0 Å². The molecule has 0 fully saturated rings. The molecule has 0 aromatic heterocycles. The molecule has 0 saturated carbocycles. The second kappa shape index (κ2) is 5.40. The zero-order valence-electron chi connectivity index (χ0n) is 8.13. The molecular formula is C7H17N5. The number of nitrogens with one attached hydrogen (secondary N) is 1. The van der Waals surface area contributed by atoms with Gasteiger partial charge in [0, 0.05) is 27.7 Å². The van der Waals surface area contributed by atoms with Crippen LogP contribution in [-0.4, -0.2) is 44.5 Å². The molecule has 0 atom stereocenters. The van der Waals surface area contributed by atoms with Gasteiger partial charge in [-0.2, -0.15) is 0 Å². The normalized spacial score (nSPS) is 13.0. The highest BCUT2D eigenvalue weighted by Crippen LogP contribution is 1.83. The number of aliphatic imine (C=N–C) groups is 2. The SMILES string of the molecule is CCNC(=NC)N(C)C(N)=NC. The lowest BCUT2D eigenvalue weighted by atomic mass is 10.6. The summed E-state index contributed by atoms with van der Waals surface area (Å²) in [5, 5.41) is 3.06. The first-order valence-electron chi connectivity index (χ1n) is 3.84. The Balaban J connectivity index is 4.32. The number of hydrogen-bond acceptors (Lipinski definition) is 2. The minimum absolute atomic E-state index is 0.441. The molecule has 0 rings (SSSR count). The van der Waals surface area contributed by atoms with E-state index in [4.69, 9.17) is 5.73 Å². The summed E-state index contributed by atoms with van der Waals surface area (Å²) in [5.41, 5.74) is 5.58. The predicted octanol–water partition coefficient (Wildman–Crippen LogP) is -0.542. The minimum atomic E-state index is 0.441. The van der Waals surface area contributed by atoms with Gasteiger partial charge in [0.05, 0.1) is 0 Å². The van der Waals surface area contributed by atoms with E-state index >= 15 is 0 Å². The van der Waals surface area contributed by atoms with Crippen LogP contribution in [-0.2, 0) is 0 Å². The maximum Gasteiger partial charge on any atom is 0.200 e. The van der Waals surface area contributed by atoms with Gasteiger partial charge in [-0.25, -0.2) is 0 Å². The third kappa shape index (κ3) is 2.77. The van der Waals surface area contributed by atoms with Crippen LogP contribution in [0.25, 0.3) is 0 Å². The number of hydrogen-bond donors (Lipinski definition) is 2. The zero-order chi connectivity index (χ0) is 9.56. The molecule has 12 heavy (non-hydrogen) atoms. The number of nitrogens with zero attached hydrogens (tertiary/aromatic N) is 3. The Morgan fingerprint density at radius 2 is 2.00 bits per heavy atom. The van der Waals surface area contributed by atoms with Gasteiger partial charge in [0.15, 0.2) is 11.9 Å². The first-order valence-corrected chi connectivity index (χ1v) is 3.84. The average molecular weight is 171 g/mol. The van der Waals surface area contributed by atoms with Gasteiger partial charge in [-0.3, -0.25) is 14.9 Å². The molecule has 5 nitrogen and oxygen atoms in total. The first kappa shape index (κ1) is 10.7. The average Bonchev–Trinajstić information content (AvgIpc) is 2.11. The fourth-order valence-electron chi connectivity index (χ4n) is 0.764. The molecule has 0 aliphatic heterocycles. The Hall–Kier alpha value is -1.26. The summed E-state index contributed by atoms with van der Waals surface area (Å²) < 4.78 is 0. The summed E-state index contributed by atoms with van der Waals surface area (Å²) in [6.45, 7) is 2.81. The molecule has 0 aromatic rings. The van der Waals surface area contributed by atoms with Crippen molar-refractivity contribution >= 4 is 11.9 Å². The summed E-state index contributed by atoms with van der Waals surface area (Å²) >= 11 is 0. The van der Waals surface area contributed by atoms with Crippen LogP contribution in [0.4, 0.5) is 0 Å². The van der Waals surface area contributed by atoms with Gasteiger partial charge in [-0.15, -0.1) is 0 Å². The summed E-state index contributed by atoms with van der Waals surface area (Å²) in [6.07, 6.45) is 0. The molecule has 0 radical (unpaired) electrons. The molecule has 0 aliphatic rings. The lowest BCUT2D eigenvalue weighted by molar-refractivity contribution is 0.685. The first-order chi connectivity index (χ1) is 5.67. The van der Waals surface area contributed by atoms with Crippen molar-refractivity contribution in [1.82, 2.24) is 10.2 Å². The van der Waals surface area contributed by atoms with Gasteiger partial charge in [0.2, 0.25) is 0 Å². The van der Waals surface area contributed by atoms with Crippen LogP contribution in [0.2, 0.25) is 0 Å². The van der Waals surface area contributed by atoms with Crippen molar-refractivity contribution in [2.75, 3.05) is 27.7 Å². The molecule has 0 heterocycles. The Bertz CT molecular complexity index is 184. The maximum absolute atomic E-state index is 5.58. The molecule has 0 amide bonds. The summed E-state index contributed by atoms with van der Waals surface area (Å²) in [4.78, 5) is 9.55. The van der Waals surface area contributed by atoms with E-state index in [1.807, 2.05) is 14.0 Å². The van der Waals surface area contributed by atoms with Crippen molar-refractivity contribution in [3.8, 4) is 0 Å². The summed E-state index contributed by atoms with van der Waals surface area (Å²) in [5.74, 6) is 1.16. The monoisotopic (exact) mass is 171 g/mol. The Labute approximate surface area is 73.4 Å². The number of nitrogens with two attached hydrogens (primary N) is 1. The molecule has 0 aromatic carbocycles. The van der Waals surface area contributed by atoms with Crippen LogP contribution < -0.4 is 11.1 Å². The van der Waals surface area contributed by atoms with Crippen LogP contribution in [0, 0.1) is 0 Å². The third-order valence-electron chi connectivity index (χ3n) is 1.44. The van der Waals surface area contributed by atoms with Crippen molar-refractivity contribution in [2.24, 2.45) is 15.7 Å². The Morgan fingerprint density at radius 1 is 1.42 bits per heavy atom. The lowest BCUT2D eigenvalue weighted by Gasteiger charge is -2.19. The van der Waals surface area contributed by atoms with Crippen LogP contribution in [0.1, 0.15) is 6.92 Å². The predicted molar refractivity (Wildman–Crippen MR) is 52.3 cm³/mol. The standard InChI is InChI=1S/C7H17N5/c1-5-11-7(10-3)12(4)6(8)9-2/h5H2,1-4H3,(H2,8,9)(H,10,11). The molecular weight excluding hydrogens is 154 g/mol. The number of rotatable bonds is 1. The van der Waals surface area contributed by atoms with Gasteiger partial charge in [-0.1, -0.05) is 0 Å². The van der Waals surface area contributed by atoms with Crippen LogP contribution >= 0.6 is 0 Å². The highest BCUT2D eigenvalue weighted by Gasteiger charge is 2.06. The van der Waals surface area contributed by atoms with Crippen molar-refractivity contribution < 1.29 is 0 Å². The molecule has 0 bridgehead atoms. The molecule has 0 spiro atoms. The lowest BCUT2D eigenvalue weighted by Crippen LogP contribution is -2.45. The van der Waals surface area contributed by atoms with Crippen LogP contribution in [0.5, 0.6) is 0 Å². The van der Waals surface area contributed by atoms with E-state index in [1.165, 1.54) is 0 Å². The second-order valence-electron chi connectivity index (χ2n) is 2.22. The van der Waals surface area contributed by atoms with Crippen LogP contribution in [0.3, 0.4) is 0 Å². The fourth-order valence-corrected chi connectivity index (χ4v) is 0.764. The van der Waals surface area contributed by atoms with E-state index in [-0.39, 0.29) is 0 Å². The summed E-state index contributed by atoms with van der Waals surface area (Å²) in [7, 11) is 5.16. The van der Waals surface area contributed by atoms with Crippen molar-refractivity contribution in [3.05, 3.63) is 0 Å². The van der Waals surface area contributed by atoms with E-state index in [0.717, 1.165) is 12.5 Å². The number of guanidine groups is 2. The Morgan fingerprint density at radius 3 is 2.33 bits per heavy atom. The molecule has 5 heteroatoms. The van der Waals surface area contributed by atoms with Crippen molar-refractivity contribution in [3.63, 3.8) is 0 Å². The van der Waals surface area contributed by atoms with E-state index in [2.05, 4.69) is 15.3 Å². The third-order valence-corrected chi connectivity index (χ3v) is 1.44. The fraction of sp³-hybridized carbons (Fsp3) is 0.714. The van der Waals surface area contributed by atoms with E-state index in [0.29, 0.717) is 5.96 Å². The molecule has 3 N–H and O–H groups in total. The van der Waals surface area contributed by atoms with Gasteiger partial charge in [0.25, 0.3) is 0 Å². The van der Waals surface area contributed by atoms with E-state index in [9.17, 15) is 0 Å². The Kier molecular flexibility index (Phi) is 4.83. The van der Waals surface area contributed by atoms with Crippen molar-refractivity contribution in [2.45, 2.75) is 6.92 Å².